The molecule has 1 aromatic heterocycles. The highest BCUT2D eigenvalue weighted by Crippen LogP contribution is 2.23. The Morgan fingerprint density at radius 1 is 1.12 bits per heavy atom. The lowest BCUT2D eigenvalue weighted by atomic mass is 10.1. The minimum Gasteiger partial charge on any atom is -0.459 e. The van der Waals surface area contributed by atoms with Crippen LogP contribution in [0.5, 0.6) is 0 Å². The number of hydrogen-bond acceptors (Lipinski definition) is 6. The number of hydrogen-bond donors (Lipinski definition) is 1. The van der Waals surface area contributed by atoms with Gasteiger partial charge in [-0.25, -0.2) is 4.79 Å². The number of nitrogens with zero attached hydrogens (tertiary/aromatic N) is 2. The molecule has 9 heteroatoms. The van der Waals surface area contributed by atoms with Gasteiger partial charge in [-0.15, -0.1) is 0 Å². The fraction of sp³-hybridized carbons (Fsp3) is 0.200. The molecule has 3 rings (SSSR count). The van der Waals surface area contributed by atoms with E-state index in [1.807, 2.05) is 6.07 Å². The fourth-order valence-electron chi connectivity index (χ4n) is 3.12. The fourth-order valence-corrected chi connectivity index (χ4v) is 3.24. The molecule has 3 aromatic rings. The van der Waals surface area contributed by atoms with Gasteiger partial charge in [-0.2, -0.15) is 5.26 Å². The average molecular weight is 480 g/mol. The number of amides is 2. The normalized spacial score (nSPS) is 10.3. The monoisotopic (exact) mass is 479 g/mol. The Hall–Kier alpha value is -4.09. The first-order valence-corrected chi connectivity index (χ1v) is 10.7. The molecule has 0 radical (unpaired) electrons. The zero-order chi connectivity index (χ0) is 24.7. The van der Waals surface area contributed by atoms with Gasteiger partial charge in [0.1, 0.15) is 0 Å². The van der Waals surface area contributed by atoms with Crippen LogP contribution < -0.4 is 10.2 Å². The summed E-state index contributed by atoms with van der Waals surface area (Å²) in [6, 6.07) is 14.9. The summed E-state index contributed by atoms with van der Waals surface area (Å²) in [5.41, 5.74) is 2.63. The molecule has 0 saturated carbocycles. The van der Waals surface area contributed by atoms with Crippen LogP contribution in [0.15, 0.2) is 59.2 Å². The Morgan fingerprint density at radius 2 is 1.91 bits per heavy atom. The molecule has 0 aliphatic rings. The summed E-state index contributed by atoms with van der Waals surface area (Å²) < 4.78 is 10.3. The number of aryl methyl sites for hydroxylation is 2. The molecule has 0 unspecified atom stereocenters. The smallest absolute Gasteiger partial charge is 0.338 e. The van der Waals surface area contributed by atoms with Crippen LogP contribution in [0.1, 0.15) is 38.5 Å². The molecule has 0 bridgehead atoms. The molecular formula is C25H22ClN3O5. The van der Waals surface area contributed by atoms with E-state index in [-0.39, 0.29) is 24.3 Å². The first kappa shape index (κ1) is 24.6. The van der Waals surface area contributed by atoms with Crippen molar-refractivity contribution in [3.63, 3.8) is 0 Å². The lowest BCUT2D eigenvalue weighted by Crippen LogP contribution is -2.35. The Balaban J connectivity index is 1.69. The van der Waals surface area contributed by atoms with E-state index in [0.717, 1.165) is 11.1 Å². The highest BCUT2D eigenvalue weighted by atomic mass is 35.5. The van der Waals surface area contributed by atoms with Crippen molar-refractivity contribution in [2.24, 2.45) is 0 Å². The summed E-state index contributed by atoms with van der Waals surface area (Å²) in [5, 5.41) is 12.2. The van der Waals surface area contributed by atoms with Gasteiger partial charge in [0.05, 0.1) is 24.3 Å². The molecule has 34 heavy (non-hydrogen) atoms. The number of ether oxygens (including phenoxy) is 1. The van der Waals surface area contributed by atoms with Crippen LogP contribution >= 0.6 is 11.6 Å². The topological polar surface area (TPSA) is 113 Å². The molecule has 8 nitrogen and oxygen atoms in total. The van der Waals surface area contributed by atoms with Gasteiger partial charge in [0.2, 0.25) is 0 Å². The van der Waals surface area contributed by atoms with Crippen LogP contribution in [0.4, 0.5) is 11.4 Å². The van der Waals surface area contributed by atoms with Crippen LogP contribution in [0, 0.1) is 25.2 Å². The van der Waals surface area contributed by atoms with E-state index in [1.165, 1.54) is 23.3 Å². The van der Waals surface area contributed by atoms with Gasteiger partial charge in [0, 0.05) is 22.9 Å². The van der Waals surface area contributed by atoms with Gasteiger partial charge in [0.15, 0.2) is 12.4 Å². The summed E-state index contributed by atoms with van der Waals surface area (Å²) in [6.45, 7) is 3.20. The third-order valence-corrected chi connectivity index (χ3v) is 5.42. The molecule has 0 spiro atoms. The van der Waals surface area contributed by atoms with Crippen LogP contribution in [-0.2, 0) is 9.53 Å². The van der Waals surface area contributed by atoms with E-state index >= 15 is 0 Å². The molecule has 0 atom stereocenters. The molecule has 1 heterocycles. The molecule has 1 N–H and O–H groups in total. The van der Waals surface area contributed by atoms with Crippen molar-refractivity contribution in [3.8, 4) is 6.07 Å². The third-order valence-electron chi connectivity index (χ3n) is 4.99. The summed E-state index contributed by atoms with van der Waals surface area (Å²) in [5.74, 6) is -1.54. The quantitative estimate of drug-likeness (QED) is 0.459. The van der Waals surface area contributed by atoms with E-state index < -0.39 is 24.4 Å². The molecule has 0 aliphatic carbocycles. The SMILES string of the molecule is Cc1cc(N(CCC#N)C(=O)COC(=O)c2ccc(C)c(NC(=O)c3ccco3)c2)ccc1Cl. The number of anilines is 2. The van der Waals surface area contributed by atoms with Gasteiger partial charge in [-0.1, -0.05) is 17.7 Å². The van der Waals surface area contributed by atoms with Crippen molar-refractivity contribution in [3.05, 3.63) is 82.3 Å². The van der Waals surface area contributed by atoms with E-state index in [4.69, 9.17) is 26.0 Å². The first-order valence-electron chi connectivity index (χ1n) is 10.4. The molecule has 2 aromatic carbocycles. The minimum absolute atomic E-state index is 0.109. The maximum absolute atomic E-state index is 12.8. The van der Waals surface area contributed by atoms with Gasteiger partial charge in [-0.3, -0.25) is 9.59 Å². The van der Waals surface area contributed by atoms with Gasteiger partial charge < -0.3 is 19.4 Å². The van der Waals surface area contributed by atoms with Crippen molar-refractivity contribution in [1.82, 2.24) is 0 Å². The van der Waals surface area contributed by atoms with Crippen LogP contribution in [-0.4, -0.2) is 30.9 Å². The van der Waals surface area contributed by atoms with Crippen LogP contribution in [0.25, 0.3) is 0 Å². The maximum atomic E-state index is 12.8. The van der Waals surface area contributed by atoms with Gasteiger partial charge in [0.25, 0.3) is 11.8 Å². The second-order valence-electron chi connectivity index (χ2n) is 7.42. The molecule has 0 saturated heterocycles. The number of nitriles is 1. The number of carbonyl (C=O) groups excluding carboxylic acids is 3. The van der Waals surface area contributed by atoms with E-state index in [2.05, 4.69) is 5.32 Å². The summed E-state index contributed by atoms with van der Waals surface area (Å²) >= 11 is 6.07. The highest BCUT2D eigenvalue weighted by Gasteiger charge is 2.20. The minimum atomic E-state index is -0.727. The largest absolute Gasteiger partial charge is 0.459 e. The summed E-state index contributed by atoms with van der Waals surface area (Å²) in [6.07, 6.45) is 1.50. The Kier molecular flexibility index (Phi) is 8.06. The predicted molar refractivity (Wildman–Crippen MR) is 127 cm³/mol. The Labute approximate surface area is 201 Å². The standard InChI is InChI=1S/C25H22ClN3O5/c1-16-6-7-18(14-21(16)28-24(31)22-5-3-12-33-22)25(32)34-15-23(30)29(11-4-10-27)19-8-9-20(26)17(2)13-19/h3,5-9,12-14H,4,11,15H2,1-2H3,(H,28,31). The van der Waals surface area contributed by atoms with Gasteiger partial charge in [-0.05, 0) is 67.4 Å². The number of halogens is 1. The van der Waals surface area contributed by atoms with Gasteiger partial charge >= 0.3 is 5.97 Å². The Bertz CT molecular complexity index is 1250. The number of esters is 1. The van der Waals surface area contributed by atoms with Crippen LogP contribution in [0.2, 0.25) is 5.02 Å². The lowest BCUT2D eigenvalue weighted by molar-refractivity contribution is -0.121. The lowest BCUT2D eigenvalue weighted by Gasteiger charge is -2.22. The number of benzene rings is 2. The molecular weight excluding hydrogens is 458 g/mol. The summed E-state index contributed by atoms with van der Waals surface area (Å²) in [7, 11) is 0. The first-order chi connectivity index (χ1) is 16.3. The Morgan fingerprint density at radius 3 is 2.59 bits per heavy atom. The zero-order valence-electron chi connectivity index (χ0n) is 18.6. The van der Waals surface area contributed by atoms with Crippen molar-refractivity contribution >= 4 is 40.8 Å². The van der Waals surface area contributed by atoms with E-state index in [0.29, 0.717) is 16.4 Å². The third kappa shape index (κ3) is 6.03. The number of carbonyl (C=O) groups is 3. The zero-order valence-corrected chi connectivity index (χ0v) is 19.4. The average Bonchev–Trinajstić information content (AvgIpc) is 3.36. The van der Waals surface area contributed by atoms with Crippen molar-refractivity contribution in [2.75, 3.05) is 23.4 Å². The van der Waals surface area contributed by atoms with Crippen molar-refractivity contribution < 1.29 is 23.5 Å². The van der Waals surface area contributed by atoms with E-state index in [1.54, 1.807) is 50.2 Å². The number of furan rings is 1. The highest BCUT2D eigenvalue weighted by molar-refractivity contribution is 6.31. The van der Waals surface area contributed by atoms with Crippen molar-refractivity contribution in [1.29, 1.82) is 5.26 Å². The van der Waals surface area contributed by atoms with Crippen molar-refractivity contribution in [2.45, 2.75) is 20.3 Å². The molecule has 2 amide bonds. The molecule has 0 aliphatic heterocycles. The number of nitrogens with one attached hydrogen (secondary N) is 1. The second-order valence-corrected chi connectivity index (χ2v) is 7.83. The molecule has 174 valence electrons. The predicted octanol–water partition coefficient (Wildman–Crippen LogP) is 4.91. The second kappa shape index (κ2) is 11.2. The summed E-state index contributed by atoms with van der Waals surface area (Å²) in [4.78, 5) is 39.1. The molecule has 0 fully saturated rings. The van der Waals surface area contributed by atoms with Crippen LogP contribution in [0.3, 0.4) is 0 Å². The number of rotatable bonds is 8. The van der Waals surface area contributed by atoms with E-state index in [9.17, 15) is 14.4 Å². The maximum Gasteiger partial charge on any atom is 0.338 e.